The smallest absolute Gasteiger partial charge is 0.244 e. The van der Waals surface area contributed by atoms with Crippen LogP contribution in [0, 0.1) is 11.8 Å². The summed E-state index contributed by atoms with van der Waals surface area (Å²) >= 11 is 0. The maximum absolute atomic E-state index is 12.8. The first-order valence-electron chi connectivity index (χ1n) is 8.57. The maximum atomic E-state index is 12.8. The number of piperidine rings is 1. The molecule has 2 aromatic rings. The lowest BCUT2D eigenvalue weighted by atomic mass is 9.91. The summed E-state index contributed by atoms with van der Waals surface area (Å²) in [6.45, 7) is 8.20. The summed E-state index contributed by atoms with van der Waals surface area (Å²) in [4.78, 5) is 14.8. The van der Waals surface area contributed by atoms with Crippen molar-refractivity contribution in [2.24, 2.45) is 11.8 Å². The van der Waals surface area contributed by atoms with Crippen LogP contribution in [0.5, 0.6) is 0 Å². The lowest BCUT2D eigenvalue weighted by Gasteiger charge is -2.36. The molecule has 3 heteroatoms. The molecule has 1 saturated heterocycles. The Morgan fingerprint density at radius 2 is 1.74 bits per heavy atom. The summed E-state index contributed by atoms with van der Waals surface area (Å²) in [6, 6.07) is 14.2. The number of carbonyl (C=O) groups excluding carboxylic acids is 1. The van der Waals surface area contributed by atoms with E-state index >= 15 is 0 Å². The summed E-state index contributed by atoms with van der Waals surface area (Å²) < 4.78 is 0. The van der Waals surface area contributed by atoms with Crippen LogP contribution < -0.4 is 5.32 Å². The summed E-state index contributed by atoms with van der Waals surface area (Å²) in [5.74, 6) is 1.39. The number of carbonyl (C=O) groups is 1. The third kappa shape index (κ3) is 3.49. The van der Waals surface area contributed by atoms with Crippen LogP contribution in [0.15, 0.2) is 42.5 Å². The van der Waals surface area contributed by atoms with Gasteiger partial charge in [0.25, 0.3) is 0 Å². The second kappa shape index (κ2) is 6.61. The van der Waals surface area contributed by atoms with E-state index in [-0.39, 0.29) is 11.9 Å². The maximum Gasteiger partial charge on any atom is 0.244 e. The van der Waals surface area contributed by atoms with Crippen LogP contribution in [0.25, 0.3) is 10.8 Å². The van der Waals surface area contributed by atoms with E-state index in [1.807, 2.05) is 36.1 Å². The van der Waals surface area contributed by atoms with E-state index in [0.717, 1.165) is 24.2 Å². The molecule has 2 aromatic carbocycles. The minimum atomic E-state index is -0.210. The number of hydrogen-bond acceptors (Lipinski definition) is 2. The molecule has 1 aliphatic heterocycles. The Morgan fingerprint density at radius 3 is 2.48 bits per heavy atom. The van der Waals surface area contributed by atoms with Crippen LogP contribution in [0.3, 0.4) is 0 Å². The quantitative estimate of drug-likeness (QED) is 0.924. The topological polar surface area (TPSA) is 32.3 Å². The van der Waals surface area contributed by atoms with Crippen LogP contribution >= 0.6 is 0 Å². The standard InChI is InChI=1S/C20H26N2O/c1-14-11-15(2)13-22(12-14)20(23)16(3)21-19-10-6-8-17-7-4-5-9-18(17)19/h4-10,14-16,21H,11-13H2,1-3H3/t14-,15-,16+/m0/s1. The van der Waals surface area contributed by atoms with Crippen LogP contribution in [0.1, 0.15) is 27.2 Å². The van der Waals surface area contributed by atoms with Crippen LogP contribution in [0.2, 0.25) is 0 Å². The average molecular weight is 310 g/mol. The van der Waals surface area contributed by atoms with Gasteiger partial charge in [-0.3, -0.25) is 4.79 Å². The van der Waals surface area contributed by atoms with Crippen molar-refractivity contribution in [3.05, 3.63) is 42.5 Å². The third-order valence-corrected chi connectivity index (χ3v) is 4.71. The molecule has 1 heterocycles. The first kappa shape index (κ1) is 15.9. The fourth-order valence-corrected chi connectivity index (χ4v) is 3.76. The molecule has 0 radical (unpaired) electrons. The highest BCUT2D eigenvalue weighted by atomic mass is 16.2. The lowest BCUT2D eigenvalue weighted by molar-refractivity contribution is -0.134. The first-order valence-corrected chi connectivity index (χ1v) is 8.57. The minimum absolute atomic E-state index is 0.205. The molecular weight excluding hydrogens is 284 g/mol. The zero-order chi connectivity index (χ0) is 16.4. The number of fused-ring (bicyclic) bond motifs is 1. The Morgan fingerprint density at radius 1 is 1.09 bits per heavy atom. The van der Waals surface area contributed by atoms with E-state index in [2.05, 4.69) is 37.4 Å². The summed E-state index contributed by atoms with van der Waals surface area (Å²) in [7, 11) is 0. The van der Waals surface area contributed by atoms with Crippen molar-refractivity contribution in [2.45, 2.75) is 33.2 Å². The number of amides is 1. The van der Waals surface area contributed by atoms with Crippen LogP contribution in [0.4, 0.5) is 5.69 Å². The van der Waals surface area contributed by atoms with Crippen molar-refractivity contribution < 1.29 is 4.79 Å². The van der Waals surface area contributed by atoms with Gasteiger partial charge in [0, 0.05) is 24.2 Å². The van der Waals surface area contributed by atoms with Gasteiger partial charge >= 0.3 is 0 Å². The average Bonchev–Trinajstić information content (AvgIpc) is 2.53. The van der Waals surface area contributed by atoms with E-state index in [1.165, 1.54) is 11.8 Å². The van der Waals surface area contributed by atoms with E-state index in [9.17, 15) is 4.79 Å². The number of rotatable bonds is 3. The molecule has 0 bridgehead atoms. The molecule has 1 aliphatic rings. The molecule has 1 amide bonds. The molecule has 3 atom stereocenters. The predicted octanol–water partition coefficient (Wildman–Crippen LogP) is 4.14. The van der Waals surface area contributed by atoms with Gasteiger partial charge in [0.1, 0.15) is 6.04 Å². The predicted molar refractivity (Wildman–Crippen MR) is 96.6 cm³/mol. The molecule has 0 unspecified atom stereocenters. The molecule has 0 aliphatic carbocycles. The van der Waals surface area contributed by atoms with E-state index in [4.69, 9.17) is 0 Å². The second-order valence-electron chi connectivity index (χ2n) is 7.08. The number of likely N-dealkylation sites (tertiary alicyclic amines) is 1. The molecule has 23 heavy (non-hydrogen) atoms. The molecule has 0 spiro atoms. The molecule has 3 nitrogen and oxygen atoms in total. The Bertz CT molecular complexity index is 682. The molecular formula is C20H26N2O. The SMILES string of the molecule is C[C@H]1C[C@H](C)CN(C(=O)[C@@H](C)Nc2cccc3ccccc23)C1. The largest absolute Gasteiger partial charge is 0.373 e. The molecule has 1 N–H and O–H groups in total. The summed E-state index contributed by atoms with van der Waals surface area (Å²) in [5, 5.41) is 5.77. The summed E-state index contributed by atoms with van der Waals surface area (Å²) in [5.41, 5.74) is 1.03. The van der Waals surface area contributed by atoms with Crippen molar-refractivity contribution >= 4 is 22.4 Å². The van der Waals surface area contributed by atoms with Gasteiger partial charge in [0.15, 0.2) is 0 Å². The van der Waals surface area contributed by atoms with Crippen molar-refractivity contribution in [1.82, 2.24) is 4.90 Å². The van der Waals surface area contributed by atoms with Gasteiger partial charge in [0.05, 0.1) is 0 Å². The summed E-state index contributed by atoms with van der Waals surface area (Å²) in [6.07, 6.45) is 1.22. The van der Waals surface area contributed by atoms with Gasteiger partial charge in [-0.25, -0.2) is 0 Å². The van der Waals surface area contributed by atoms with Crippen molar-refractivity contribution in [3.8, 4) is 0 Å². The highest BCUT2D eigenvalue weighted by Crippen LogP contribution is 2.25. The van der Waals surface area contributed by atoms with Gasteiger partial charge in [-0.05, 0) is 36.6 Å². The van der Waals surface area contributed by atoms with Gasteiger partial charge in [-0.15, -0.1) is 0 Å². The van der Waals surface area contributed by atoms with Gasteiger partial charge in [-0.1, -0.05) is 50.2 Å². The fraction of sp³-hybridized carbons (Fsp3) is 0.450. The van der Waals surface area contributed by atoms with E-state index in [0.29, 0.717) is 11.8 Å². The molecule has 0 aromatic heterocycles. The van der Waals surface area contributed by atoms with Gasteiger partial charge < -0.3 is 10.2 Å². The highest BCUT2D eigenvalue weighted by Gasteiger charge is 2.28. The monoisotopic (exact) mass is 310 g/mol. The Balaban J connectivity index is 1.75. The van der Waals surface area contributed by atoms with E-state index < -0.39 is 0 Å². The number of hydrogen-bond donors (Lipinski definition) is 1. The second-order valence-corrected chi connectivity index (χ2v) is 7.08. The van der Waals surface area contributed by atoms with Crippen molar-refractivity contribution in [1.29, 1.82) is 0 Å². The number of anilines is 1. The Kier molecular flexibility index (Phi) is 4.56. The molecule has 1 fully saturated rings. The van der Waals surface area contributed by atoms with Crippen LogP contribution in [-0.2, 0) is 4.79 Å². The van der Waals surface area contributed by atoms with E-state index in [1.54, 1.807) is 0 Å². The third-order valence-electron chi connectivity index (χ3n) is 4.71. The van der Waals surface area contributed by atoms with Gasteiger partial charge in [-0.2, -0.15) is 0 Å². The van der Waals surface area contributed by atoms with Crippen molar-refractivity contribution in [3.63, 3.8) is 0 Å². The lowest BCUT2D eigenvalue weighted by Crippen LogP contribution is -2.48. The normalized spacial score (nSPS) is 22.8. The van der Waals surface area contributed by atoms with Crippen molar-refractivity contribution in [2.75, 3.05) is 18.4 Å². The minimum Gasteiger partial charge on any atom is -0.373 e. The molecule has 3 rings (SSSR count). The van der Waals surface area contributed by atoms with Gasteiger partial charge in [0.2, 0.25) is 5.91 Å². The molecule has 122 valence electrons. The fourth-order valence-electron chi connectivity index (χ4n) is 3.76. The first-order chi connectivity index (χ1) is 11.0. The zero-order valence-corrected chi connectivity index (χ0v) is 14.3. The number of nitrogens with zero attached hydrogens (tertiary/aromatic N) is 1. The van der Waals surface area contributed by atoms with Crippen LogP contribution in [-0.4, -0.2) is 29.9 Å². The molecule has 0 saturated carbocycles. The Labute approximate surface area is 138 Å². The number of nitrogens with one attached hydrogen (secondary N) is 1. The number of benzene rings is 2. The highest BCUT2D eigenvalue weighted by molar-refractivity contribution is 5.95. The Hall–Kier alpha value is -2.03. The zero-order valence-electron chi connectivity index (χ0n) is 14.3.